The van der Waals surface area contributed by atoms with Gasteiger partial charge in [-0.2, -0.15) is 5.10 Å². The zero-order chi connectivity index (χ0) is 13.8. The third-order valence-corrected chi connectivity index (χ3v) is 3.73. The van der Waals surface area contributed by atoms with Crippen LogP contribution in [0.15, 0.2) is 24.5 Å². The molecule has 3 rings (SSSR count). The number of aromatic amines is 1. The third kappa shape index (κ3) is 2.95. The van der Waals surface area contributed by atoms with Crippen LogP contribution in [0.5, 0.6) is 0 Å². The molecule has 0 radical (unpaired) electrons. The number of hydrogen-bond acceptors (Lipinski definition) is 5. The first-order valence-corrected chi connectivity index (χ1v) is 7.11. The van der Waals surface area contributed by atoms with E-state index in [1.807, 2.05) is 16.7 Å². The largest absolute Gasteiger partial charge is 0.379 e. The summed E-state index contributed by atoms with van der Waals surface area (Å²) in [5.41, 5.74) is 0.974. The molecule has 1 aliphatic heterocycles. The summed E-state index contributed by atoms with van der Waals surface area (Å²) in [6.07, 6.45) is 3.55. The highest BCUT2D eigenvalue weighted by Gasteiger charge is 2.13. The lowest BCUT2D eigenvalue weighted by atomic mass is 10.2. The number of rotatable bonds is 4. The lowest BCUT2D eigenvalue weighted by Crippen LogP contribution is -2.38. The molecule has 7 heteroatoms. The van der Waals surface area contributed by atoms with Crippen molar-refractivity contribution in [2.24, 2.45) is 0 Å². The van der Waals surface area contributed by atoms with Crippen LogP contribution < -0.4 is 0 Å². The van der Waals surface area contributed by atoms with Gasteiger partial charge < -0.3 is 4.74 Å². The Morgan fingerprint density at radius 1 is 1.30 bits per heavy atom. The molecule has 0 aromatic carbocycles. The summed E-state index contributed by atoms with van der Waals surface area (Å²) < 4.78 is 8.04. The van der Waals surface area contributed by atoms with Gasteiger partial charge >= 0.3 is 0 Å². The first kappa shape index (κ1) is 13.4. The Balaban J connectivity index is 1.76. The molecule has 2 aromatic heterocycles. The highest BCUT2D eigenvalue weighted by Crippen LogP contribution is 2.15. The number of ether oxygens (including phenoxy) is 1. The van der Waals surface area contributed by atoms with Crippen LogP contribution in [0, 0.1) is 4.77 Å². The molecule has 0 amide bonds. The van der Waals surface area contributed by atoms with Crippen LogP contribution >= 0.6 is 12.2 Å². The van der Waals surface area contributed by atoms with Gasteiger partial charge in [-0.05, 0) is 24.4 Å². The number of pyridine rings is 1. The molecule has 3 heterocycles. The first-order chi connectivity index (χ1) is 9.84. The minimum Gasteiger partial charge on any atom is -0.379 e. The van der Waals surface area contributed by atoms with E-state index in [1.54, 1.807) is 12.4 Å². The molecule has 20 heavy (non-hydrogen) atoms. The van der Waals surface area contributed by atoms with Crippen LogP contribution in [0.3, 0.4) is 0 Å². The number of nitrogens with zero attached hydrogens (tertiary/aromatic N) is 4. The molecule has 0 unspecified atom stereocenters. The molecular formula is C13H17N5OS. The molecule has 0 spiro atoms. The van der Waals surface area contributed by atoms with E-state index in [-0.39, 0.29) is 0 Å². The van der Waals surface area contributed by atoms with Gasteiger partial charge in [0.2, 0.25) is 0 Å². The fourth-order valence-corrected chi connectivity index (χ4v) is 2.53. The predicted octanol–water partition coefficient (Wildman–Crippen LogP) is 1.33. The van der Waals surface area contributed by atoms with E-state index >= 15 is 0 Å². The van der Waals surface area contributed by atoms with Crippen molar-refractivity contribution >= 4 is 12.2 Å². The number of aromatic nitrogens is 4. The normalized spacial score (nSPS) is 16.4. The molecule has 0 saturated carbocycles. The summed E-state index contributed by atoms with van der Waals surface area (Å²) >= 11 is 5.32. The highest BCUT2D eigenvalue weighted by atomic mass is 32.1. The van der Waals surface area contributed by atoms with Gasteiger partial charge in [-0.15, -0.1) is 0 Å². The highest BCUT2D eigenvalue weighted by molar-refractivity contribution is 7.71. The van der Waals surface area contributed by atoms with Crippen LogP contribution in [-0.4, -0.2) is 57.5 Å². The van der Waals surface area contributed by atoms with Crippen LogP contribution in [0.1, 0.15) is 0 Å². The van der Waals surface area contributed by atoms with Crippen molar-refractivity contribution in [3.8, 4) is 11.4 Å². The summed E-state index contributed by atoms with van der Waals surface area (Å²) in [6.45, 7) is 5.35. The number of morpholine rings is 1. The lowest BCUT2D eigenvalue weighted by Gasteiger charge is -2.26. The molecule has 1 N–H and O–H groups in total. The minimum atomic E-state index is 0.650. The Hall–Kier alpha value is -1.57. The van der Waals surface area contributed by atoms with Crippen LogP contribution in [0.2, 0.25) is 0 Å². The van der Waals surface area contributed by atoms with E-state index in [4.69, 9.17) is 17.0 Å². The van der Waals surface area contributed by atoms with Crippen molar-refractivity contribution in [3.63, 3.8) is 0 Å². The summed E-state index contributed by atoms with van der Waals surface area (Å²) in [7, 11) is 0. The maximum atomic E-state index is 5.36. The Morgan fingerprint density at radius 2 is 2.15 bits per heavy atom. The second-order valence-electron chi connectivity index (χ2n) is 4.70. The smallest absolute Gasteiger partial charge is 0.195 e. The molecule has 1 aliphatic rings. The average molecular weight is 291 g/mol. The van der Waals surface area contributed by atoms with Gasteiger partial charge in [0.1, 0.15) is 0 Å². The number of H-pyrrole nitrogens is 1. The van der Waals surface area contributed by atoms with Gasteiger partial charge in [-0.3, -0.25) is 19.5 Å². The fraction of sp³-hybridized carbons (Fsp3) is 0.462. The zero-order valence-electron chi connectivity index (χ0n) is 11.2. The molecule has 0 bridgehead atoms. The monoisotopic (exact) mass is 291 g/mol. The maximum Gasteiger partial charge on any atom is 0.195 e. The summed E-state index contributed by atoms with van der Waals surface area (Å²) in [5, 5.41) is 7.18. The Kier molecular flexibility index (Phi) is 4.19. The summed E-state index contributed by atoms with van der Waals surface area (Å²) in [4.78, 5) is 6.51. The molecule has 106 valence electrons. The van der Waals surface area contributed by atoms with Gasteiger partial charge in [-0.25, -0.2) is 0 Å². The second-order valence-corrected chi connectivity index (χ2v) is 5.09. The standard InChI is InChI=1S/C13H17N5OS/c20-13-16-15-12(11-2-1-3-14-10-11)18(13)5-4-17-6-8-19-9-7-17/h1-3,10H,4-9H2,(H,16,20). The number of nitrogens with one attached hydrogen (secondary N) is 1. The van der Waals surface area contributed by atoms with E-state index in [1.165, 1.54) is 0 Å². The van der Waals surface area contributed by atoms with Gasteiger partial charge in [-0.1, -0.05) is 0 Å². The van der Waals surface area contributed by atoms with Crippen molar-refractivity contribution in [2.75, 3.05) is 32.8 Å². The predicted molar refractivity (Wildman–Crippen MR) is 77.9 cm³/mol. The topological polar surface area (TPSA) is 59.0 Å². The molecule has 0 atom stereocenters. The minimum absolute atomic E-state index is 0.650. The molecular weight excluding hydrogens is 274 g/mol. The second kappa shape index (κ2) is 6.25. The molecule has 2 aromatic rings. The Morgan fingerprint density at radius 3 is 2.90 bits per heavy atom. The maximum absolute atomic E-state index is 5.36. The van der Waals surface area contributed by atoms with Crippen LogP contribution in [0.25, 0.3) is 11.4 Å². The van der Waals surface area contributed by atoms with Crippen LogP contribution in [-0.2, 0) is 11.3 Å². The quantitative estimate of drug-likeness (QED) is 0.861. The van der Waals surface area contributed by atoms with E-state index < -0.39 is 0 Å². The summed E-state index contributed by atoms with van der Waals surface area (Å²) in [5.74, 6) is 0.844. The summed E-state index contributed by atoms with van der Waals surface area (Å²) in [6, 6.07) is 3.89. The van der Waals surface area contributed by atoms with Gasteiger partial charge in [0, 0.05) is 44.1 Å². The van der Waals surface area contributed by atoms with Gasteiger partial charge in [0.25, 0.3) is 0 Å². The zero-order valence-corrected chi connectivity index (χ0v) is 12.0. The van der Waals surface area contributed by atoms with Crippen molar-refractivity contribution in [1.82, 2.24) is 24.6 Å². The molecule has 1 saturated heterocycles. The third-order valence-electron chi connectivity index (χ3n) is 3.42. The van der Waals surface area contributed by atoms with Crippen molar-refractivity contribution in [2.45, 2.75) is 6.54 Å². The van der Waals surface area contributed by atoms with Crippen molar-refractivity contribution in [1.29, 1.82) is 0 Å². The van der Waals surface area contributed by atoms with Gasteiger partial charge in [0.05, 0.1) is 13.2 Å². The Bertz CT molecular complexity index is 603. The fourth-order valence-electron chi connectivity index (χ4n) is 2.31. The molecule has 1 fully saturated rings. The average Bonchev–Trinajstić information content (AvgIpc) is 2.88. The number of hydrogen-bond donors (Lipinski definition) is 1. The van der Waals surface area contributed by atoms with E-state index in [0.29, 0.717) is 4.77 Å². The SMILES string of the molecule is S=c1[nH]nc(-c2cccnc2)n1CCN1CCOCC1. The van der Waals surface area contributed by atoms with E-state index in [2.05, 4.69) is 20.1 Å². The van der Waals surface area contributed by atoms with E-state index in [0.717, 1.165) is 50.8 Å². The van der Waals surface area contributed by atoms with Crippen molar-refractivity contribution in [3.05, 3.63) is 29.3 Å². The molecule has 6 nitrogen and oxygen atoms in total. The van der Waals surface area contributed by atoms with Gasteiger partial charge in [0.15, 0.2) is 10.6 Å². The van der Waals surface area contributed by atoms with Crippen LogP contribution in [0.4, 0.5) is 0 Å². The van der Waals surface area contributed by atoms with E-state index in [9.17, 15) is 0 Å². The lowest BCUT2D eigenvalue weighted by molar-refractivity contribution is 0.0364. The first-order valence-electron chi connectivity index (χ1n) is 6.70. The Labute approximate surface area is 122 Å². The molecule has 0 aliphatic carbocycles. The van der Waals surface area contributed by atoms with Crippen molar-refractivity contribution < 1.29 is 4.74 Å².